The summed E-state index contributed by atoms with van der Waals surface area (Å²) in [6.45, 7) is 3.32. The van der Waals surface area contributed by atoms with Crippen molar-refractivity contribution in [1.29, 1.82) is 0 Å². The molecule has 0 unspecified atom stereocenters. The fourth-order valence-corrected chi connectivity index (χ4v) is 4.48. The third-order valence-electron chi connectivity index (χ3n) is 4.56. The number of piperazine rings is 1. The van der Waals surface area contributed by atoms with Crippen LogP contribution in [0.15, 0.2) is 54.6 Å². The molecular formula is C20H24N2O4S. The van der Waals surface area contributed by atoms with Crippen LogP contribution in [0.3, 0.4) is 0 Å². The van der Waals surface area contributed by atoms with E-state index < -0.39 is 10.0 Å². The Kier molecular flexibility index (Phi) is 6.13. The van der Waals surface area contributed by atoms with E-state index in [4.69, 9.17) is 4.74 Å². The lowest BCUT2D eigenvalue weighted by molar-refractivity contribution is -0.134. The van der Waals surface area contributed by atoms with Crippen molar-refractivity contribution < 1.29 is 17.9 Å². The topological polar surface area (TPSA) is 66.9 Å². The minimum absolute atomic E-state index is 0.0156. The average molecular weight is 388 g/mol. The van der Waals surface area contributed by atoms with Crippen molar-refractivity contribution in [1.82, 2.24) is 9.21 Å². The Balaban J connectivity index is 1.49. The summed E-state index contributed by atoms with van der Waals surface area (Å²) in [6.07, 6.45) is 0. The van der Waals surface area contributed by atoms with Crippen LogP contribution in [-0.2, 0) is 20.6 Å². The number of hydrogen-bond donors (Lipinski definition) is 0. The zero-order valence-corrected chi connectivity index (χ0v) is 16.2. The van der Waals surface area contributed by atoms with Crippen LogP contribution in [-0.4, -0.2) is 56.3 Å². The van der Waals surface area contributed by atoms with Crippen LogP contribution in [0.4, 0.5) is 0 Å². The number of carbonyl (C=O) groups excluding carboxylic acids is 1. The summed E-state index contributed by atoms with van der Waals surface area (Å²) < 4.78 is 32.1. The van der Waals surface area contributed by atoms with Crippen LogP contribution in [0.25, 0.3) is 0 Å². The Labute approximate surface area is 160 Å². The van der Waals surface area contributed by atoms with Gasteiger partial charge < -0.3 is 9.64 Å². The smallest absolute Gasteiger partial charge is 0.260 e. The van der Waals surface area contributed by atoms with Crippen LogP contribution in [0.1, 0.15) is 11.1 Å². The highest BCUT2D eigenvalue weighted by atomic mass is 32.2. The minimum atomic E-state index is -3.38. The normalized spacial score (nSPS) is 15.5. The van der Waals surface area contributed by atoms with E-state index in [-0.39, 0.29) is 18.3 Å². The van der Waals surface area contributed by atoms with Gasteiger partial charge in [0.15, 0.2) is 6.61 Å². The van der Waals surface area contributed by atoms with Gasteiger partial charge >= 0.3 is 0 Å². The molecule has 1 heterocycles. The molecule has 0 radical (unpaired) electrons. The second kappa shape index (κ2) is 8.54. The van der Waals surface area contributed by atoms with Gasteiger partial charge in [0.25, 0.3) is 5.91 Å². The van der Waals surface area contributed by atoms with Crippen molar-refractivity contribution in [2.75, 3.05) is 32.8 Å². The van der Waals surface area contributed by atoms with Gasteiger partial charge in [0.1, 0.15) is 5.75 Å². The van der Waals surface area contributed by atoms with Gasteiger partial charge in [-0.05, 0) is 24.6 Å². The molecule has 0 spiro atoms. The van der Waals surface area contributed by atoms with E-state index in [9.17, 15) is 13.2 Å². The fraction of sp³-hybridized carbons (Fsp3) is 0.350. The summed E-state index contributed by atoms with van der Waals surface area (Å²) in [5.74, 6) is 0.506. The summed E-state index contributed by atoms with van der Waals surface area (Å²) >= 11 is 0. The Morgan fingerprint density at radius 3 is 2.22 bits per heavy atom. The molecule has 0 bridgehead atoms. The lowest BCUT2D eigenvalue weighted by Gasteiger charge is -2.34. The van der Waals surface area contributed by atoms with Gasteiger partial charge in [-0.25, -0.2) is 8.42 Å². The molecule has 1 saturated heterocycles. The number of sulfonamides is 1. The quantitative estimate of drug-likeness (QED) is 0.760. The first-order valence-electron chi connectivity index (χ1n) is 8.93. The highest BCUT2D eigenvalue weighted by Crippen LogP contribution is 2.15. The van der Waals surface area contributed by atoms with Gasteiger partial charge in [0.05, 0.1) is 5.75 Å². The van der Waals surface area contributed by atoms with E-state index in [1.54, 1.807) is 17.0 Å². The molecule has 0 atom stereocenters. The van der Waals surface area contributed by atoms with Crippen LogP contribution >= 0.6 is 0 Å². The first-order valence-corrected chi connectivity index (χ1v) is 10.5. The largest absolute Gasteiger partial charge is 0.484 e. The van der Waals surface area contributed by atoms with Gasteiger partial charge in [-0.3, -0.25) is 4.79 Å². The third-order valence-corrected chi connectivity index (χ3v) is 6.41. The van der Waals surface area contributed by atoms with Crippen molar-refractivity contribution in [3.05, 3.63) is 65.7 Å². The Morgan fingerprint density at radius 1 is 0.963 bits per heavy atom. The molecular weight excluding hydrogens is 364 g/mol. The summed E-state index contributed by atoms with van der Waals surface area (Å²) in [4.78, 5) is 14.0. The van der Waals surface area contributed by atoms with Crippen molar-refractivity contribution in [3.63, 3.8) is 0 Å². The summed E-state index contributed by atoms with van der Waals surface area (Å²) in [7, 11) is -3.38. The Bertz CT molecular complexity index is 859. The van der Waals surface area contributed by atoms with Gasteiger partial charge in [-0.2, -0.15) is 4.31 Å². The molecule has 144 valence electrons. The number of amides is 1. The molecule has 3 rings (SSSR count). The molecule has 1 fully saturated rings. The summed E-state index contributed by atoms with van der Waals surface area (Å²) in [5, 5.41) is 0. The molecule has 1 aliphatic heterocycles. The third kappa shape index (κ3) is 5.30. The highest BCUT2D eigenvalue weighted by Gasteiger charge is 2.29. The van der Waals surface area contributed by atoms with Gasteiger partial charge in [0.2, 0.25) is 10.0 Å². The second-order valence-corrected chi connectivity index (χ2v) is 8.59. The molecule has 0 saturated carbocycles. The molecule has 2 aromatic carbocycles. The van der Waals surface area contributed by atoms with Crippen LogP contribution in [0.5, 0.6) is 5.75 Å². The average Bonchev–Trinajstić information content (AvgIpc) is 2.68. The molecule has 2 aromatic rings. The number of carbonyl (C=O) groups is 1. The lowest BCUT2D eigenvalue weighted by Crippen LogP contribution is -2.51. The van der Waals surface area contributed by atoms with E-state index in [0.29, 0.717) is 31.9 Å². The van der Waals surface area contributed by atoms with Crippen molar-refractivity contribution >= 4 is 15.9 Å². The maximum Gasteiger partial charge on any atom is 0.260 e. The van der Waals surface area contributed by atoms with E-state index in [1.807, 2.05) is 49.4 Å². The highest BCUT2D eigenvalue weighted by molar-refractivity contribution is 7.88. The maximum absolute atomic E-state index is 12.6. The molecule has 0 N–H and O–H groups in total. The van der Waals surface area contributed by atoms with E-state index in [0.717, 1.165) is 11.1 Å². The second-order valence-electron chi connectivity index (χ2n) is 6.62. The van der Waals surface area contributed by atoms with E-state index in [1.165, 1.54) is 4.31 Å². The standard InChI is InChI=1S/C20H24N2O4S/c1-17-7-9-19(10-8-17)26-15-20(23)21-11-13-22(14-12-21)27(24,25)16-18-5-3-2-4-6-18/h2-10H,11-16H2,1H3. The first kappa shape index (κ1) is 19.4. The Hall–Kier alpha value is -2.38. The zero-order valence-electron chi connectivity index (χ0n) is 15.4. The Morgan fingerprint density at radius 2 is 1.59 bits per heavy atom. The molecule has 0 aliphatic carbocycles. The number of hydrogen-bond acceptors (Lipinski definition) is 4. The van der Waals surface area contributed by atoms with Crippen molar-refractivity contribution in [2.24, 2.45) is 0 Å². The van der Waals surface area contributed by atoms with Gasteiger partial charge in [0, 0.05) is 26.2 Å². The summed E-state index contributed by atoms with van der Waals surface area (Å²) in [6, 6.07) is 16.6. The molecule has 6 nitrogen and oxygen atoms in total. The van der Waals surface area contributed by atoms with Gasteiger partial charge in [-0.15, -0.1) is 0 Å². The van der Waals surface area contributed by atoms with Gasteiger partial charge in [-0.1, -0.05) is 48.0 Å². The number of nitrogens with zero attached hydrogens (tertiary/aromatic N) is 2. The molecule has 1 amide bonds. The first-order chi connectivity index (χ1) is 12.9. The predicted octanol–water partition coefficient (Wildman–Crippen LogP) is 2.05. The fourth-order valence-electron chi connectivity index (χ4n) is 2.96. The van der Waals surface area contributed by atoms with E-state index in [2.05, 4.69) is 0 Å². The number of ether oxygens (including phenoxy) is 1. The zero-order chi connectivity index (χ0) is 19.3. The minimum Gasteiger partial charge on any atom is -0.484 e. The van der Waals surface area contributed by atoms with Crippen molar-refractivity contribution in [3.8, 4) is 5.75 Å². The van der Waals surface area contributed by atoms with Crippen LogP contribution in [0, 0.1) is 6.92 Å². The number of rotatable bonds is 6. The number of benzene rings is 2. The predicted molar refractivity (Wildman–Crippen MR) is 104 cm³/mol. The molecule has 7 heteroatoms. The van der Waals surface area contributed by atoms with Crippen LogP contribution in [0.2, 0.25) is 0 Å². The number of aryl methyl sites for hydroxylation is 1. The molecule has 27 heavy (non-hydrogen) atoms. The molecule has 1 aliphatic rings. The van der Waals surface area contributed by atoms with Crippen LogP contribution < -0.4 is 4.74 Å². The lowest BCUT2D eigenvalue weighted by atomic mass is 10.2. The van der Waals surface area contributed by atoms with Crippen molar-refractivity contribution in [2.45, 2.75) is 12.7 Å². The summed E-state index contributed by atoms with van der Waals surface area (Å²) in [5.41, 5.74) is 1.89. The van der Waals surface area contributed by atoms with E-state index >= 15 is 0 Å². The maximum atomic E-state index is 12.6. The molecule has 0 aromatic heterocycles. The monoisotopic (exact) mass is 388 g/mol. The SMILES string of the molecule is Cc1ccc(OCC(=O)N2CCN(S(=O)(=O)Cc3ccccc3)CC2)cc1.